The van der Waals surface area contributed by atoms with E-state index in [4.69, 9.17) is 16.3 Å². The van der Waals surface area contributed by atoms with E-state index < -0.39 is 6.10 Å². The molecular weight excluding hydrogens is 267 g/mol. The van der Waals surface area contributed by atoms with E-state index in [1.165, 1.54) is 6.07 Å². The van der Waals surface area contributed by atoms with Gasteiger partial charge >= 0.3 is 0 Å². The normalized spacial score (nSPS) is 12.2. The molecule has 0 bridgehead atoms. The fourth-order valence-corrected chi connectivity index (χ4v) is 2.18. The topological polar surface area (TPSA) is 29.5 Å². The zero-order valence-corrected chi connectivity index (χ0v) is 11.2. The van der Waals surface area contributed by atoms with Crippen molar-refractivity contribution in [2.24, 2.45) is 0 Å². The maximum atomic E-state index is 13.5. The fourth-order valence-electron chi connectivity index (χ4n) is 1.89. The first-order valence-electron chi connectivity index (χ1n) is 5.86. The van der Waals surface area contributed by atoms with Crippen LogP contribution < -0.4 is 4.74 Å². The number of ether oxygens (including phenoxy) is 1. The predicted molar refractivity (Wildman–Crippen MR) is 73.1 cm³/mol. The summed E-state index contributed by atoms with van der Waals surface area (Å²) in [5.74, 6) is 0.290. The third-order valence-electron chi connectivity index (χ3n) is 2.94. The summed E-state index contributed by atoms with van der Waals surface area (Å²) in [6.07, 6.45) is -0.672. The van der Waals surface area contributed by atoms with Crippen molar-refractivity contribution in [3.63, 3.8) is 0 Å². The third-order valence-corrected chi connectivity index (χ3v) is 3.27. The molecule has 1 N–H and O–H groups in total. The van der Waals surface area contributed by atoms with Crippen LogP contribution in [-0.2, 0) is 6.42 Å². The second-order valence-electron chi connectivity index (χ2n) is 4.20. The fraction of sp³-hybridized carbons (Fsp3) is 0.200. The van der Waals surface area contributed by atoms with Crippen molar-refractivity contribution in [1.82, 2.24) is 0 Å². The SMILES string of the molecule is COc1ccc(C(O)Cc2ccccc2F)c(Cl)c1. The van der Waals surface area contributed by atoms with Crippen molar-refractivity contribution in [2.45, 2.75) is 12.5 Å². The van der Waals surface area contributed by atoms with Crippen LogP contribution in [-0.4, -0.2) is 12.2 Å². The number of benzene rings is 2. The van der Waals surface area contributed by atoms with E-state index >= 15 is 0 Å². The van der Waals surface area contributed by atoms with Gasteiger partial charge in [-0.25, -0.2) is 4.39 Å². The van der Waals surface area contributed by atoms with Crippen LogP contribution in [0.15, 0.2) is 42.5 Å². The zero-order valence-electron chi connectivity index (χ0n) is 10.4. The van der Waals surface area contributed by atoms with Crippen molar-refractivity contribution in [1.29, 1.82) is 0 Å². The van der Waals surface area contributed by atoms with E-state index in [2.05, 4.69) is 0 Å². The molecule has 0 aliphatic rings. The van der Waals surface area contributed by atoms with E-state index in [0.717, 1.165) is 0 Å². The maximum absolute atomic E-state index is 13.5. The monoisotopic (exact) mass is 280 g/mol. The van der Waals surface area contributed by atoms with Gasteiger partial charge in [-0.3, -0.25) is 0 Å². The molecule has 0 radical (unpaired) electrons. The molecule has 0 saturated carbocycles. The largest absolute Gasteiger partial charge is 0.497 e. The van der Waals surface area contributed by atoms with E-state index in [-0.39, 0.29) is 12.2 Å². The van der Waals surface area contributed by atoms with Gasteiger partial charge in [0, 0.05) is 6.42 Å². The lowest BCUT2D eigenvalue weighted by Gasteiger charge is -2.14. The Balaban J connectivity index is 2.21. The second kappa shape index (κ2) is 6.04. The molecule has 2 aromatic rings. The Bertz CT molecular complexity index is 572. The number of aliphatic hydroxyl groups is 1. The summed E-state index contributed by atoms with van der Waals surface area (Å²) < 4.78 is 18.6. The van der Waals surface area contributed by atoms with Gasteiger partial charge in [0.05, 0.1) is 18.2 Å². The van der Waals surface area contributed by atoms with Gasteiger partial charge in [-0.1, -0.05) is 35.9 Å². The minimum Gasteiger partial charge on any atom is -0.497 e. The molecule has 0 fully saturated rings. The molecule has 2 aromatic carbocycles. The van der Waals surface area contributed by atoms with Crippen LogP contribution in [0.25, 0.3) is 0 Å². The van der Waals surface area contributed by atoms with Crippen LogP contribution in [0.1, 0.15) is 17.2 Å². The predicted octanol–water partition coefficient (Wildman–Crippen LogP) is 3.76. The first-order chi connectivity index (χ1) is 9.11. The highest BCUT2D eigenvalue weighted by Gasteiger charge is 2.14. The van der Waals surface area contributed by atoms with E-state index in [9.17, 15) is 9.50 Å². The molecule has 1 atom stereocenters. The Kier molecular flexibility index (Phi) is 4.40. The Morgan fingerprint density at radius 1 is 1.26 bits per heavy atom. The highest BCUT2D eigenvalue weighted by molar-refractivity contribution is 6.31. The van der Waals surface area contributed by atoms with Gasteiger partial charge in [0.15, 0.2) is 0 Å². The van der Waals surface area contributed by atoms with Crippen LogP contribution in [0.2, 0.25) is 5.02 Å². The van der Waals surface area contributed by atoms with Crippen LogP contribution >= 0.6 is 11.6 Å². The summed E-state index contributed by atoms with van der Waals surface area (Å²) in [4.78, 5) is 0. The van der Waals surface area contributed by atoms with Gasteiger partial charge in [0.25, 0.3) is 0 Å². The van der Waals surface area contributed by atoms with Gasteiger partial charge in [-0.2, -0.15) is 0 Å². The highest BCUT2D eigenvalue weighted by Crippen LogP contribution is 2.29. The van der Waals surface area contributed by atoms with Crippen LogP contribution in [0, 0.1) is 5.82 Å². The number of methoxy groups -OCH3 is 1. The summed E-state index contributed by atoms with van der Waals surface area (Å²) >= 11 is 6.08. The number of halogens is 2. The molecule has 0 spiro atoms. The van der Waals surface area contributed by atoms with Crippen molar-refractivity contribution < 1.29 is 14.2 Å². The Hall–Kier alpha value is -1.58. The average Bonchev–Trinajstić information content (AvgIpc) is 2.41. The number of rotatable bonds is 4. The van der Waals surface area contributed by atoms with E-state index in [1.807, 2.05) is 0 Å². The lowest BCUT2D eigenvalue weighted by molar-refractivity contribution is 0.177. The summed E-state index contributed by atoms with van der Waals surface area (Å²) in [5.41, 5.74) is 1.02. The minimum absolute atomic E-state index is 0.179. The van der Waals surface area contributed by atoms with Crippen LogP contribution in [0.3, 0.4) is 0 Å². The molecule has 2 rings (SSSR count). The minimum atomic E-state index is -0.852. The lowest BCUT2D eigenvalue weighted by Crippen LogP contribution is -2.04. The molecule has 0 aliphatic heterocycles. The van der Waals surface area contributed by atoms with Crippen LogP contribution in [0.5, 0.6) is 5.75 Å². The summed E-state index contributed by atoms with van der Waals surface area (Å²) in [5, 5.41) is 10.6. The van der Waals surface area contributed by atoms with E-state index in [0.29, 0.717) is 21.9 Å². The maximum Gasteiger partial charge on any atom is 0.126 e. The summed E-state index contributed by atoms with van der Waals surface area (Å²) in [6.45, 7) is 0. The second-order valence-corrected chi connectivity index (χ2v) is 4.61. The molecule has 0 heterocycles. The molecule has 0 aromatic heterocycles. The van der Waals surface area contributed by atoms with Crippen molar-refractivity contribution in [3.8, 4) is 5.75 Å². The first kappa shape index (κ1) is 13.8. The Morgan fingerprint density at radius 3 is 2.63 bits per heavy atom. The average molecular weight is 281 g/mol. The molecule has 0 amide bonds. The molecule has 4 heteroatoms. The first-order valence-corrected chi connectivity index (χ1v) is 6.24. The molecule has 1 unspecified atom stereocenters. The van der Waals surface area contributed by atoms with Crippen LogP contribution in [0.4, 0.5) is 4.39 Å². The Labute approximate surface area is 116 Å². The standard InChI is InChI=1S/C15H14ClFO2/c1-19-11-6-7-12(13(16)9-11)15(18)8-10-4-2-3-5-14(10)17/h2-7,9,15,18H,8H2,1H3. The quantitative estimate of drug-likeness (QED) is 0.924. The zero-order chi connectivity index (χ0) is 13.8. The molecular formula is C15H14ClFO2. The number of aliphatic hydroxyl groups excluding tert-OH is 1. The summed E-state index contributed by atoms with van der Waals surface area (Å²) in [7, 11) is 1.54. The Morgan fingerprint density at radius 2 is 2.00 bits per heavy atom. The van der Waals surface area contributed by atoms with Crippen molar-refractivity contribution in [2.75, 3.05) is 7.11 Å². The third kappa shape index (κ3) is 3.25. The molecule has 0 aliphatic carbocycles. The smallest absolute Gasteiger partial charge is 0.126 e. The molecule has 100 valence electrons. The van der Waals surface area contributed by atoms with Gasteiger partial charge < -0.3 is 9.84 Å². The van der Waals surface area contributed by atoms with Gasteiger partial charge in [-0.05, 0) is 29.3 Å². The molecule has 2 nitrogen and oxygen atoms in total. The van der Waals surface area contributed by atoms with Gasteiger partial charge in [-0.15, -0.1) is 0 Å². The molecule has 0 saturated heterocycles. The highest BCUT2D eigenvalue weighted by atomic mass is 35.5. The number of hydrogen-bond donors (Lipinski definition) is 1. The number of hydrogen-bond acceptors (Lipinski definition) is 2. The van der Waals surface area contributed by atoms with E-state index in [1.54, 1.807) is 43.5 Å². The van der Waals surface area contributed by atoms with Crippen molar-refractivity contribution >= 4 is 11.6 Å². The summed E-state index contributed by atoms with van der Waals surface area (Å²) in [6, 6.07) is 11.4. The van der Waals surface area contributed by atoms with Gasteiger partial charge in [0.2, 0.25) is 0 Å². The van der Waals surface area contributed by atoms with Crippen molar-refractivity contribution in [3.05, 3.63) is 64.4 Å². The van der Waals surface area contributed by atoms with Gasteiger partial charge in [0.1, 0.15) is 11.6 Å². The lowest BCUT2D eigenvalue weighted by atomic mass is 10.0. The molecule has 19 heavy (non-hydrogen) atoms.